The fraction of sp³-hybridized carbons (Fsp3) is 0.630. The van der Waals surface area contributed by atoms with E-state index in [1.54, 1.807) is 23.1 Å². The Morgan fingerprint density at radius 3 is 2.62 bits per heavy atom. The van der Waals surface area contributed by atoms with Crippen LogP contribution in [0, 0.1) is 5.92 Å². The first-order valence-corrected chi connectivity index (χ1v) is 12.9. The van der Waals surface area contributed by atoms with Crippen LogP contribution < -0.4 is 14.8 Å². The molecule has 3 rings (SSSR count). The number of methoxy groups -OCH3 is 1. The largest absolute Gasteiger partial charge is 0.493 e. The van der Waals surface area contributed by atoms with Crippen LogP contribution in [0.3, 0.4) is 0 Å². The van der Waals surface area contributed by atoms with Crippen LogP contribution in [0.2, 0.25) is 0 Å². The second-order valence-electron chi connectivity index (χ2n) is 9.75. The molecule has 4 atom stereocenters. The summed E-state index contributed by atoms with van der Waals surface area (Å²) in [6.07, 6.45) is 0.527. The molecule has 206 valence electrons. The molecule has 4 N–H and O–H groups in total. The fourth-order valence-corrected chi connectivity index (χ4v) is 5.01. The van der Waals surface area contributed by atoms with Gasteiger partial charge < -0.3 is 39.7 Å². The van der Waals surface area contributed by atoms with Gasteiger partial charge in [-0.25, -0.2) is 0 Å². The van der Waals surface area contributed by atoms with Crippen LogP contribution in [-0.2, 0) is 20.9 Å². The zero-order valence-electron chi connectivity index (χ0n) is 22.1. The molecule has 1 aliphatic heterocycles. The van der Waals surface area contributed by atoms with E-state index in [0.29, 0.717) is 60.8 Å². The molecule has 10 heteroatoms. The molecule has 37 heavy (non-hydrogen) atoms. The van der Waals surface area contributed by atoms with Crippen LogP contribution in [0.4, 0.5) is 0 Å². The summed E-state index contributed by atoms with van der Waals surface area (Å²) in [6.45, 7) is 6.77. The normalized spacial score (nSPS) is 22.1. The highest BCUT2D eigenvalue weighted by molar-refractivity contribution is 5.96. The number of ether oxygens (including phenoxy) is 3. The zero-order valence-corrected chi connectivity index (χ0v) is 22.1. The first-order valence-electron chi connectivity index (χ1n) is 12.9. The SMILES string of the molecule is CCOCCCN(C(=O)CC(C)C)[C@@H]1C=C(C(=O)NCCO)[C@@H]2c3cc(CO)cc(OC)c3O[C@@H]2[C@H]1O. The zero-order chi connectivity index (χ0) is 27.1. The number of fused-ring (bicyclic) bond motifs is 3. The summed E-state index contributed by atoms with van der Waals surface area (Å²) in [5.41, 5.74) is 1.53. The predicted octanol–water partition coefficient (Wildman–Crippen LogP) is 1.11. The highest BCUT2D eigenvalue weighted by atomic mass is 16.5. The molecule has 1 aliphatic carbocycles. The number of nitrogens with one attached hydrogen (secondary N) is 1. The number of carbonyl (C=O) groups excluding carboxylic acids is 2. The Bertz CT molecular complexity index is 979. The lowest BCUT2D eigenvalue weighted by Crippen LogP contribution is -2.56. The van der Waals surface area contributed by atoms with Gasteiger partial charge in [0.25, 0.3) is 0 Å². The monoisotopic (exact) mass is 520 g/mol. The third-order valence-electron chi connectivity index (χ3n) is 6.65. The molecular formula is C27H40N2O8. The molecule has 0 radical (unpaired) electrons. The molecule has 10 nitrogen and oxygen atoms in total. The van der Waals surface area contributed by atoms with Crippen LogP contribution >= 0.6 is 0 Å². The van der Waals surface area contributed by atoms with Crippen molar-refractivity contribution in [2.75, 3.05) is 40.0 Å². The van der Waals surface area contributed by atoms with E-state index in [-0.39, 0.29) is 31.6 Å². The van der Waals surface area contributed by atoms with Gasteiger partial charge in [0.15, 0.2) is 11.5 Å². The lowest BCUT2D eigenvalue weighted by atomic mass is 9.77. The number of aliphatic hydroxyl groups is 3. The lowest BCUT2D eigenvalue weighted by molar-refractivity contribution is -0.138. The minimum Gasteiger partial charge on any atom is -0.493 e. The van der Waals surface area contributed by atoms with Crippen molar-refractivity contribution in [2.45, 2.75) is 64.4 Å². The van der Waals surface area contributed by atoms with E-state index in [1.807, 2.05) is 20.8 Å². The molecule has 0 bridgehead atoms. The highest BCUT2D eigenvalue weighted by Crippen LogP contribution is 2.51. The van der Waals surface area contributed by atoms with E-state index in [4.69, 9.17) is 14.2 Å². The number of nitrogens with zero attached hydrogens (tertiary/aromatic N) is 1. The van der Waals surface area contributed by atoms with E-state index in [0.717, 1.165) is 0 Å². The molecule has 0 saturated carbocycles. The van der Waals surface area contributed by atoms with Gasteiger partial charge in [-0.1, -0.05) is 13.8 Å². The molecular weight excluding hydrogens is 480 g/mol. The van der Waals surface area contributed by atoms with E-state index in [2.05, 4.69) is 5.32 Å². The predicted molar refractivity (Wildman–Crippen MR) is 136 cm³/mol. The van der Waals surface area contributed by atoms with Crippen molar-refractivity contribution in [3.05, 3.63) is 34.9 Å². The second kappa shape index (κ2) is 13.2. The number of benzene rings is 1. The summed E-state index contributed by atoms with van der Waals surface area (Å²) in [5.74, 6) is -0.302. The topological polar surface area (TPSA) is 138 Å². The molecule has 1 aromatic carbocycles. The molecule has 0 unspecified atom stereocenters. The Labute approximate surface area is 218 Å². The van der Waals surface area contributed by atoms with Gasteiger partial charge in [-0.15, -0.1) is 0 Å². The Kier molecular flexibility index (Phi) is 10.3. The first-order chi connectivity index (χ1) is 17.8. The molecule has 2 aliphatic rings. The third kappa shape index (κ3) is 6.43. The third-order valence-corrected chi connectivity index (χ3v) is 6.65. The van der Waals surface area contributed by atoms with Crippen molar-refractivity contribution in [3.63, 3.8) is 0 Å². The van der Waals surface area contributed by atoms with Crippen molar-refractivity contribution in [1.29, 1.82) is 0 Å². The van der Waals surface area contributed by atoms with E-state index in [1.165, 1.54) is 7.11 Å². The van der Waals surface area contributed by atoms with Crippen LogP contribution in [0.25, 0.3) is 0 Å². The Morgan fingerprint density at radius 1 is 1.24 bits per heavy atom. The number of rotatable bonds is 13. The van der Waals surface area contributed by atoms with Crippen molar-refractivity contribution in [3.8, 4) is 11.5 Å². The van der Waals surface area contributed by atoms with E-state index >= 15 is 0 Å². The van der Waals surface area contributed by atoms with Gasteiger partial charge in [-0.2, -0.15) is 0 Å². The molecule has 0 fully saturated rings. The summed E-state index contributed by atoms with van der Waals surface area (Å²) in [6, 6.07) is 2.59. The molecule has 0 saturated heterocycles. The number of carbonyl (C=O) groups is 2. The van der Waals surface area contributed by atoms with Crippen molar-refractivity contribution in [1.82, 2.24) is 10.2 Å². The summed E-state index contributed by atoms with van der Waals surface area (Å²) in [4.78, 5) is 28.2. The van der Waals surface area contributed by atoms with Crippen molar-refractivity contribution in [2.24, 2.45) is 5.92 Å². The Hall–Kier alpha value is -2.66. The standard InChI is InChI=1S/C27H40N2O8/c1-5-36-10-6-8-29(22(32)11-16(2)3)20-14-19(27(34)28-7-9-30)23-18-12-17(15-31)13-21(35-4)25(18)37-26(23)24(20)33/h12-14,16,20,23-24,26,30-31,33H,5-11,15H2,1-4H3,(H,28,34)/t20-,23+,24+,26+/m1/s1. The van der Waals surface area contributed by atoms with Crippen molar-refractivity contribution < 1.29 is 39.1 Å². The fourth-order valence-electron chi connectivity index (χ4n) is 5.01. The smallest absolute Gasteiger partial charge is 0.247 e. The van der Waals surface area contributed by atoms with Crippen molar-refractivity contribution >= 4 is 11.8 Å². The average molecular weight is 521 g/mol. The molecule has 1 heterocycles. The summed E-state index contributed by atoms with van der Waals surface area (Å²) < 4.78 is 17.2. The van der Waals surface area contributed by atoms with Gasteiger partial charge in [-0.3, -0.25) is 9.59 Å². The van der Waals surface area contributed by atoms with Gasteiger partial charge in [0.1, 0.15) is 12.2 Å². The quantitative estimate of drug-likeness (QED) is 0.284. The van der Waals surface area contributed by atoms with Crippen LogP contribution in [0.1, 0.15) is 50.7 Å². The number of hydrogen-bond acceptors (Lipinski definition) is 8. The first kappa shape index (κ1) is 28.9. The lowest BCUT2D eigenvalue weighted by Gasteiger charge is -2.41. The van der Waals surface area contributed by atoms with Gasteiger partial charge in [0.05, 0.1) is 32.3 Å². The average Bonchev–Trinajstić information content (AvgIpc) is 3.27. The highest BCUT2D eigenvalue weighted by Gasteiger charge is 2.51. The Morgan fingerprint density at radius 2 is 2.00 bits per heavy atom. The maximum Gasteiger partial charge on any atom is 0.247 e. The van der Waals surface area contributed by atoms with Gasteiger partial charge in [0, 0.05) is 43.9 Å². The Balaban J connectivity index is 2.07. The molecule has 2 amide bonds. The number of hydrogen-bond donors (Lipinski definition) is 4. The minimum atomic E-state index is -1.13. The van der Waals surface area contributed by atoms with Gasteiger partial charge in [-0.05, 0) is 43.0 Å². The molecule has 0 spiro atoms. The van der Waals surface area contributed by atoms with Crippen LogP contribution in [-0.4, -0.2) is 90.3 Å². The minimum absolute atomic E-state index is 0.0544. The maximum absolute atomic E-state index is 13.3. The summed E-state index contributed by atoms with van der Waals surface area (Å²) in [5, 5.41) is 33.3. The number of aliphatic hydroxyl groups excluding tert-OH is 3. The number of amides is 2. The van der Waals surface area contributed by atoms with Gasteiger partial charge >= 0.3 is 0 Å². The second-order valence-corrected chi connectivity index (χ2v) is 9.75. The summed E-state index contributed by atoms with van der Waals surface area (Å²) >= 11 is 0. The van der Waals surface area contributed by atoms with Gasteiger partial charge in [0.2, 0.25) is 11.8 Å². The van der Waals surface area contributed by atoms with E-state index < -0.39 is 30.1 Å². The maximum atomic E-state index is 13.3. The molecule has 1 aromatic rings. The summed E-state index contributed by atoms with van der Waals surface area (Å²) in [7, 11) is 1.48. The van der Waals surface area contributed by atoms with Crippen LogP contribution in [0.15, 0.2) is 23.8 Å². The van der Waals surface area contributed by atoms with E-state index in [9.17, 15) is 24.9 Å². The van der Waals surface area contributed by atoms with Crippen LogP contribution in [0.5, 0.6) is 11.5 Å². The molecule has 0 aromatic heterocycles.